The van der Waals surface area contributed by atoms with Gasteiger partial charge in [0.1, 0.15) is 5.75 Å². The monoisotopic (exact) mass is 242 g/mol. The summed E-state index contributed by atoms with van der Waals surface area (Å²) in [6.45, 7) is 0. The molecule has 88 valence electrons. The van der Waals surface area contributed by atoms with Gasteiger partial charge in [-0.15, -0.1) is 0 Å². The molecule has 6 heteroatoms. The van der Waals surface area contributed by atoms with Crippen LogP contribution in [-0.2, 0) is 15.9 Å². The number of hydrogen-bond acceptors (Lipinski definition) is 5. The van der Waals surface area contributed by atoms with Crippen molar-refractivity contribution >= 4 is 17.0 Å². The third kappa shape index (κ3) is 4.52. The van der Waals surface area contributed by atoms with Gasteiger partial charge in [0.25, 0.3) is 0 Å². The Morgan fingerprint density at radius 3 is 2.62 bits per heavy atom. The van der Waals surface area contributed by atoms with E-state index in [4.69, 9.17) is 10.5 Å². The van der Waals surface area contributed by atoms with Crippen molar-refractivity contribution in [2.75, 3.05) is 0 Å². The lowest BCUT2D eigenvalue weighted by Crippen LogP contribution is -2.26. The van der Waals surface area contributed by atoms with Crippen LogP contribution in [0.4, 0.5) is 0 Å². The minimum absolute atomic E-state index is 0.0238. The van der Waals surface area contributed by atoms with Gasteiger partial charge in [0, 0.05) is 6.42 Å². The summed E-state index contributed by atoms with van der Waals surface area (Å²) in [7, 11) is 0. The highest BCUT2D eigenvalue weighted by atomic mass is 32.2. The number of nitrogens with two attached hydrogens (primary N) is 1. The third-order valence-corrected chi connectivity index (χ3v) is 2.59. The number of carbonyl (C=O) groups is 1. The van der Waals surface area contributed by atoms with Gasteiger partial charge in [-0.1, -0.05) is 18.2 Å². The predicted octanol–water partition coefficient (Wildman–Crippen LogP) is 0.536. The zero-order chi connectivity index (χ0) is 12.0. The smallest absolute Gasteiger partial charge is 0.311 e. The second-order valence-corrected chi connectivity index (χ2v) is 4.25. The number of hydrogen-bond donors (Lipinski definition) is 1. The molecule has 2 unspecified atom stereocenters. The van der Waals surface area contributed by atoms with Crippen LogP contribution in [0.25, 0.3) is 0 Å². The first-order valence-corrected chi connectivity index (χ1v) is 5.83. The minimum atomic E-state index is -2.35. The van der Waals surface area contributed by atoms with Crippen LogP contribution in [0.1, 0.15) is 12.8 Å². The summed E-state index contributed by atoms with van der Waals surface area (Å²) in [5, 5.41) is -1.02. The van der Waals surface area contributed by atoms with E-state index >= 15 is 0 Å². The van der Waals surface area contributed by atoms with E-state index in [9.17, 15) is 13.6 Å². The predicted molar refractivity (Wildman–Crippen MR) is 58.2 cm³/mol. The van der Waals surface area contributed by atoms with E-state index in [1.807, 2.05) is 0 Å². The van der Waals surface area contributed by atoms with Crippen LogP contribution >= 0.6 is 0 Å². The van der Waals surface area contributed by atoms with Crippen molar-refractivity contribution < 1.29 is 18.3 Å². The van der Waals surface area contributed by atoms with Crippen molar-refractivity contribution in [1.82, 2.24) is 0 Å². The van der Waals surface area contributed by atoms with Crippen LogP contribution in [0.2, 0.25) is 0 Å². The largest absolute Gasteiger partial charge is 0.771 e. The Morgan fingerprint density at radius 1 is 1.44 bits per heavy atom. The average molecular weight is 242 g/mol. The van der Waals surface area contributed by atoms with Crippen LogP contribution in [0, 0.1) is 0 Å². The molecule has 5 nitrogen and oxygen atoms in total. The Morgan fingerprint density at radius 2 is 2.06 bits per heavy atom. The number of rotatable bonds is 5. The molecule has 0 fully saturated rings. The number of carbonyl (C=O) groups excluding carboxylic acids is 1. The normalized spacial score (nSPS) is 14.1. The summed E-state index contributed by atoms with van der Waals surface area (Å²) in [4.78, 5) is 11.3. The van der Waals surface area contributed by atoms with Gasteiger partial charge in [-0.05, 0) is 29.6 Å². The lowest BCUT2D eigenvalue weighted by molar-refractivity contribution is -0.134. The van der Waals surface area contributed by atoms with Crippen molar-refractivity contribution in [1.29, 1.82) is 0 Å². The van der Waals surface area contributed by atoms with Gasteiger partial charge in [0.05, 0.1) is 5.37 Å². The van der Waals surface area contributed by atoms with E-state index < -0.39 is 22.4 Å². The first-order valence-electron chi connectivity index (χ1n) is 4.69. The second-order valence-electron chi connectivity index (χ2n) is 3.12. The molecular weight excluding hydrogens is 230 g/mol. The van der Waals surface area contributed by atoms with Gasteiger partial charge < -0.3 is 15.0 Å². The number of ether oxygens (including phenoxy) is 1. The molecule has 0 saturated carbocycles. The Kier molecular flexibility index (Phi) is 5.10. The fraction of sp³-hybridized carbons (Fsp3) is 0.300. The van der Waals surface area contributed by atoms with Crippen LogP contribution in [0.15, 0.2) is 30.3 Å². The molecule has 1 aromatic rings. The Hall–Kier alpha value is -1.24. The average Bonchev–Trinajstić information content (AvgIpc) is 2.27. The van der Waals surface area contributed by atoms with E-state index in [1.165, 1.54) is 0 Å². The summed E-state index contributed by atoms with van der Waals surface area (Å²) < 4.78 is 25.7. The molecule has 0 aliphatic carbocycles. The highest BCUT2D eigenvalue weighted by Crippen LogP contribution is 2.10. The van der Waals surface area contributed by atoms with Crippen molar-refractivity contribution in [2.24, 2.45) is 5.73 Å². The molecule has 0 saturated heterocycles. The lowest BCUT2D eigenvalue weighted by Gasteiger charge is -2.13. The van der Waals surface area contributed by atoms with E-state index in [0.717, 1.165) is 0 Å². The minimum Gasteiger partial charge on any atom is -0.771 e. The van der Waals surface area contributed by atoms with Gasteiger partial charge in [0.15, 0.2) is 0 Å². The third-order valence-electron chi connectivity index (χ3n) is 1.86. The van der Waals surface area contributed by atoms with Gasteiger partial charge in [-0.2, -0.15) is 0 Å². The first-order chi connectivity index (χ1) is 7.59. The molecule has 16 heavy (non-hydrogen) atoms. The maximum atomic E-state index is 11.3. The van der Waals surface area contributed by atoms with Crippen molar-refractivity contribution in [3.05, 3.63) is 30.3 Å². The summed E-state index contributed by atoms with van der Waals surface area (Å²) in [5.41, 5.74) is 5.24. The molecule has 0 bridgehead atoms. The maximum absolute atomic E-state index is 11.3. The highest BCUT2D eigenvalue weighted by molar-refractivity contribution is 7.79. The van der Waals surface area contributed by atoms with Crippen molar-refractivity contribution in [2.45, 2.75) is 18.2 Å². The standard InChI is InChI=1S/C10H13NO4S/c11-9(16(13)14)6-7-10(12)15-8-4-2-1-3-5-8/h1-5,9H,6-7,11H2,(H,13,14)/p-1. The Bertz CT molecular complexity index is 368. The summed E-state index contributed by atoms with van der Waals surface area (Å²) in [6, 6.07) is 8.56. The molecule has 0 aromatic heterocycles. The molecule has 1 rings (SSSR count). The van der Waals surface area contributed by atoms with E-state index in [1.54, 1.807) is 30.3 Å². The van der Waals surface area contributed by atoms with Gasteiger partial charge >= 0.3 is 5.97 Å². The summed E-state index contributed by atoms with van der Waals surface area (Å²) >= 11 is -2.35. The molecular formula is C10H12NO4S-. The van der Waals surface area contributed by atoms with E-state index in [0.29, 0.717) is 5.75 Å². The number of esters is 1. The zero-order valence-corrected chi connectivity index (χ0v) is 9.31. The van der Waals surface area contributed by atoms with Gasteiger partial charge in [-0.3, -0.25) is 9.00 Å². The van der Waals surface area contributed by atoms with Crippen LogP contribution in [0.5, 0.6) is 5.75 Å². The van der Waals surface area contributed by atoms with Crippen LogP contribution < -0.4 is 10.5 Å². The molecule has 0 heterocycles. The van der Waals surface area contributed by atoms with Gasteiger partial charge in [-0.25, -0.2) is 0 Å². The molecule has 0 aliphatic heterocycles. The highest BCUT2D eigenvalue weighted by Gasteiger charge is 2.09. The quantitative estimate of drug-likeness (QED) is 0.462. The van der Waals surface area contributed by atoms with Crippen molar-refractivity contribution in [3.8, 4) is 5.75 Å². The molecule has 0 aliphatic rings. The Balaban J connectivity index is 2.35. The Labute approximate surface area is 95.9 Å². The van der Waals surface area contributed by atoms with Crippen molar-refractivity contribution in [3.63, 3.8) is 0 Å². The SMILES string of the molecule is NC(CCC(=O)Oc1ccccc1)S(=O)[O-]. The second kappa shape index (κ2) is 6.37. The molecule has 1 aromatic carbocycles. The maximum Gasteiger partial charge on any atom is 0.311 e. The fourth-order valence-electron chi connectivity index (χ4n) is 1.03. The number of benzene rings is 1. The van der Waals surface area contributed by atoms with Crippen LogP contribution in [-0.4, -0.2) is 20.1 Å². The van der Waals surface area contributed by atoms with Gasteiger partial charge in [0.2, 0.25) is 0 Å². The molecule has 2 atom stereocenters. The summed E-state index contributed by atoms with van der Waals surface area (Å²) in [6.07, 6.45) is 0.0336. The topological polar surface area (TPSA) is 92.5 Å². The molecule has 2 N–H and O–H groups in total. The zero-order valence-electron chi connectivity index (χ0n) is 8.50. The van der Waals surface area contributed by atoms with E-state index in [-0.39, 0.29) is 12.8 Å². The molecule has 0 radical (unpaired) electrons. The molecule has 0 spiro atoms. The van der Waals surface area contributed by atoms with E-state index in [2.05, 4.69) is 0 Å². The number of para-hydroxylation sites is 1. The molecule has 0 amide bonds. The van der Waals surface area contributed by atoms with Crippen LogP contribution in [0.3, 0.4) is 0 Å². The summed E-state index contributed by atoms with van der Waals surface area (Å²) in [5.74, 6) is -0.0589. The lowest BCUT2D eigenvalue weighted by atomic mass is 10.3. The fourth-order valence-corrected chi connectivity index (χ4v) is 1.34. The first kappa shape index (κ1) is 12.8.